The summed E-state index contributed by atoms with van der Waals surface area (Å²) < 4.78 is 0. The van der Waals surface area contributed by atoms with E-state index in [1.807, 2.05) is 0 Å². The maximum Gasteiger partial charge on any atom is 0.0109 e. The average molecular weight is 284 g/mol. The van der Waals surface area contributed by atoms with Crippen molar-refractivity contribution < 1.29 is 0 Å². The lowest BCUT2D eigenvalue weighted by atomic mass is 9.85. The average Bonchev–Trinajstić information content (AvgIpc) is 2.83. The SMILES string of the molecule is CCCN(CCN(C)C)CC1(CNC(C)C)CCCC1. The fourth-order valence-electron chi connectivity index (χ4n) is 3.34. The first-order valence-electron chi connectivity index (χ1n) is 8.58. The molecule has 3 heteroatoms. The van der Waals surface area contributed by atoms with E-state index in [4.69, 9.17) is 0 Å². The van der Waals surface area contributed by atoms with Gasteiger partial charge in [0.05, 0.1) is 0 Å². The van der Waals surface area contributed by atoms with Gasteiger partial charge in [-0.1, -0.05) is 33.6 Å². The normalized spacial score (nSPS) is 18.6. The van der Waals surface area contributed by atoms with E-state index in [2.05, 4.69) is 50.0 Å². The van der Waals surface area contributed by atoms with Gasteiger partial charge in [0, 0.05) is 32.2 Å². The molecular formula is C17H37N3. The van der Waals surface area contributed by atoms with Gasteiger partial charge in [-0.05, 0) is 45.3 Å². The topological polar surface area (TPSA) is 18.5 Å². The van der Waals surface area contributed by atoms with E-state index in [1.165, 1.54) is 64.8 Å². The smallest absolute Gasteiger partial charge is 0.0109 e. The molecule has 1 rings (SSSR count). The van der Waals surface area contributed by atoms with Gasteiger partial charge in [0.1, 0.15) is 0 Å². The molecule has 0 spiro atoms. The van der Waals surface area contributed by atoms with E-state index < -0.39 is 0 Å². The molecule has 3 nitrogen and oxygen atoms in total. The summed E-state index contributed by atoms with van der Waals surface area (Å²) in [7, 11) is 4.35. The first-order chi connectivity index (χ1) is 9.47. The van der Waals surface area contributed by atoms with E-state index in [0.29, 0.717) is 11.5 Å². The van der Waals surface area contributed by atoms with Gasteiger partial charge >= 0.3 is 0 Å². The number of hydrogen-bond donors (Lipinski definition) is 1. The molecule has 1 saturated carbocycles. The molecule has 0 unspecified atom stereocenters. The van der Waals surface area contributed by atoms with Crippen molar-refractivity contribution in [2.45, 2.75) is 58.9 Å². The van der Waals surface area contributed by atoms with Crippen LogP contribution in [0.1, 0.15) is 52.9 Å². The Morgan fingerprint density at radius 3 is 2.20 bits per heavy atom. The molecule has 0 amide bonds. The molecule has 0 radical (unpaired) electrons. The largest absolute Gasteiger partial charge is 0.314 e. The Kier molecular flexibility index (Phi) is 8.08. The van der Waals surface area contributed by atoms with Crippen LogP contribution in [0.3, 0.4) is 0 Å². The predicted octanol–water partition coefficient (Wildman–Crippen LogP) is 2.82. The summed E-state index contributed by atoms with van der Waals surface area (Å²) in [5.41, 5.74) is 0.533. The Morgan fingerprint density at radius 2 is 1.70 bits per heavy atom. The standard InChI is InChI=1S/C17H37N3/c1-6-11-20(13-12-19(4)5)15-17(9-7-8-10-17)14-18-16(2)3/h16,18H,6-15H2,1-5H3. The van der Waals surface area contributed by atoms with E-state index in [0.717, 1.165) is 0 Å². The van der Waals surface area contributed by atoms with Crippen molar-refractivity contribution in [3.8, 4) is 0 Å². The number of rotatable bonds is 10. The zero-order chi connectivity index (χ0) is 15.0. The van der Waals surface area contributed by atoms with Crippen molar-refractivity contribution in [3.63, 3.8) is 0 Å². The van der Waals surface area contributed by atoms with E-state index in [1.54, 1.807) is 0 Å². The molecule has 0 aliphatic heterocycles. The summed E-state index contributed by atoms with van der Waals surface area (Å²) in [5, 5.41) is 3.70. The van der Waals surface area contributed by atoms with Crippen molar-refractivity contribution in [2.24, 2.45) is 5.41 Å². The van der Waals surface area contributed by atoms with Crippen LogP contribution in [0, 0.1) is 5.41 Å². The molecule has 1 aliphatic carbocycles. The molecule has 20 heavy (non-hydrogen) atoms. The predicted molar refractivity (Wildman–Crippen MR) is 89.3 cm³/mol. The van der Waals surface area contributed by atoms with Gasteiger partial charge in [-0.15, -0.1) is 0 Å². The fraction of sp³-hybridized carbons (Fsp3) is 1.00. The highest BCUT2D eigenvalue weighted by molar-refractivity contribution is 4.90. The van der Waals surface area contributed by atoms with Crippen LogP contribution < -0.4 is 5.32 Å². The number of likely N-dealkylation sites (N-methyl/N-ethyl adjacent to an activating group) is 1. The third-order valence-electron chi connectivity index (χ3n) is 4.51. The summed E-state index contributed by atoms with van der Waals surface area (Å²) in [6, 6.07) is 0.605. The fourth-order valence-corrected chi connectivity index (χ4v) is 3.34. The summed E-state index contributed by atoms with van der Waals surface area (Å²) in [6.45, 7) is 12.9. The van der Waals surface area contributed by atoms with Crippen LogP contribution in [0.2, 0.25) is 0 Å². The quantitative estimate of drug-likeness (QED) is 0.665. The first-order valence-corrected chi connectivity index (χ1v) is 8.58. The second kappa shape index (κ2) is 9.01. The molecule has 1 aliphatic rings. The molecule has 0 bridgehead atoms. The lowest BCUT2D eigenvalue weighted by Gasteiger charge is -2.36. The molecule has 1 fully saturated rings. The van der Waals surface area contributed by atoms with Crippen molar-refractivity contribution in [2.75, 3.05) is 46.8 Å². The maximum absolute atomic E-state index is 3.70. The van der Waals surface area contributed by atoms with Crippen LogP contribution in [0.4, 0.5) is 0 Å². The van der Waals surface area contributed by atoms with Gasteiger partial charge in [-0.25, -0.2) is 0 Å². The molecule has 0 saturated heterocycles. The van der Waals surface area contributed by atoms with Gasteiger partial charge in [0.2, 0.25) is 0 Å². The summed E-state index contributed by atoms with van der Waals surface area (Å²) >= 11 is 0. The molecule has 0 aromatic rings. The number of nitrogens with one attached hydrogen (secondary N) is 1. The van der Waals surface area contributed by atoms with Crippen molar-refractivity contribution >= 4 is 0 Å². The van der Waals surface area contributed by atoms with E-state index in [9.17, 15) is 0 Å². The molecule has 0 heterocycles. The molecule has 1 N–H and O–H groups in total. The number of nitrogens with zero attached hydrogens (tertiary/aromatic N) is 2. The molecular weight excluding hydrogens is 246 g/mol. The van der Waals surface area contributed by atoms with Crippen LogP contribution in [-0.4, -0.2) is 62.7 Å². The monoisotopic (exact) mass is 283 g/mol. The van der Waals surface area contributed by atoms with Crippen LogP contribution in [0.15, 0.2) is 0 Å². The van der Waals surface area contributed by atoms with E-state index >= 15 is 0 Å². The zero-order valence-electron chi connectivity index (χ0n) is 14.5. The van der Waals surface area contributed by atoms with Gasteiger partial charge in [0.15, 0.2) is 0 Å². The Hall–Kier alpha value is -0.120. The summed E-state index contributed by atoms with van der Waals surface area (Å²) in [4.78, 5) is 5.00. The van der Waals surface area contributed by atoms with Gasteiger partial charge in [-0.2, -0.15) is 0 Å². The Balaban J connectivity index is 2.55. The van der Waals surface area contributed by atoms with E-state index in [-0.39, 0.29) is 0 Å². The molecule has 0 aromatic carbocycles. The molecule has 0 atom stereocenters. The zero-order valence-corrected chi connectivity index (χ0v) is 14.5. The van der Waals surface area contributed by atoms with Crippen LogP contribution in [0.5, 0.6) is 0 Å². The van der Waals surface area contributed by atoms with Gasteiger partial charge < -0.3 is 15.1 Å². The summed E-state index contributed by atoms with van der Waals surface area (Å²) in [5.74, 6) is 0. The van der Waals surface area contributed by atoms with Crippen LogP contribution in [-0.2, 0) is 0 Å². The van der Waals surface area contributed by atoms with Crippen molar-refractivity contribution in [1.82, 2.24) is 15.1 Å². The lowest BCUT2D eigenvalue weighted by molar-refractivity contribution is 0.137. The molecule has 0 aromatic heterocycles. The second-order valence-electron chi connectivity index (χ2n) is 7.32. The lowest BCUT2D eigenvalue weighted by Crippen LogP contribution is -2.46. The van der Waals surface area contributed by atoms with Crippen molar-refractivity contribution in [1.29, 1.82) is 0 Å². The Morgan fingerprint density at radius 1 is 1.05 bits per heavy atom. The Bertz CT molecular complexity index is 245. The van der Waals surface area contributed by atoms with Crippen LogP contribution >= 0.6 is 0 Å². The second-order valence-corrected chi connectivity index (χ2v) is 7.32. The Labute approximate surface area is 127 Å². The van der Waals surface area contributed by atoms with Crippen LogP contribution in [0.25, 0.3) is 0 Å². The minimum absolute atomic E-state index is 0.533. The highest BCUT2D eigenvalue weighted by Crippen LogP contribution is 2.38. The van der Waals surface area contributed by atoms with Gasteiger partial charge in [-0.3, -0.25) is 0 Å². The molecule has 120 valence electrons. The maximum atomic E-state index is 3.70. The van der Waals surface area contributed by atoms with Gasteiger partial charge in [0.25, 0.3) is 0 Å². The first kappa shape index (κ1) is 17.9. The minimum atomic E-state index is 0.533. The van der Waals surface area contributed by atoms with Crippen molar-refractivity contribution in [3.05, 3.63) is 0 Å². The third kappa shape index (κ3) is 6.55. The highest BCUT2D eigenvalue weighted by atomic mass is 15.2. The minimum Gasteiger partial charge on any atom is -0.314 e. The third-order valence-corrected chi connectivity index (χ3v) is 4.51. The summed E-state index contributed by atoms with van der Waals surface area (Å²) in [6.07, 6.45) is 6.94. The number of hydrogen-bond acceptors (Lipinski definition) is 3. The highest BCUT2D eigenvalue weighted by Gasteiger charge is 2.35.